The highest BCUT2D eigenvalue weighted by molar-refractivity contribution is 9.10. The molecule has 1 aliphatic rings. The van der Waals surface area contributed by atoms with Gasteiger partial charge in [0.15, 0.2) is 0 Å². The molecule has 3 heteroatoms. The largest absolute Gasteiger partial charge is 0.325 e. The van der Waals surface area contributed by atoms with E-state index in [1.165, 1.54) is 12.0 Å². The molecule has 0 radical (unpaired) electrons. The van der Waals surface area contributed by atoms with Crippen LogP contribution < -0.4 is 5.73 Å². The highest BCUT2D eigenvalue weighted by atomic mass is 79.9. The molecule has 2 rings (SSSR count). The van der Waals surface area contributed by atoms with E-state index in [1.54, 1.807) is 6.20 Å². The van der Waals surface area contributed by atoms with E-state index in [0.717, 1.165) is 23.7 Å². The van der Waals surface area contributed by atoms with Crippen LogP contribution >= 0.6 is 15.9 Å². The van der Waals surface area contributed by atoms with Crippen LogP contribution in [-0.2, 0) is 6.42 Å². The van der Waals surface area contributed by atoms with Crippen molar-refractivity contribution in [2.45, 2.75) is 31.2 Å². The van der Waals surface area contributed by atoms with E-state index in [0.29, 0.717) is 0 Å². The normalized spacial score (nSPS) is 19.5. The number of aromatic nitrogens is 1. The van der Waals surface area contributed by atoms with Gasteiger partial charge in [0.1, 0.15) is 0 Å². The molecule has 0 bridgehead atoms. The maximum atomic E-state index is 6.14. The molecule has 13 heavy (non-hydrogen) atoms. The molecule has 0 aliphatic heterocycles. The first-order valence-electron chi connectivity index (χ1n) is 4.56. The minimum atomic E-state index is 0.0580. The summed E-state index contributed by atoms with van der Waals surface area (Å²) < 4.78 is 1.04. The number of rotatable bonds is 2. The molecule has 0 saturated heterocycles. The van der Waals surface area contributed by atoms with E-state index in [-0.39, 0.29) is 5.54 Å². The van der Waals surface area contributed by atoms with Crippen molar-refractivity contribution < 1.29 is 0 Å². The summed E-state index contributed by atoms with van der Waals surface area (Å²) in [4.78, 5) is 4.12. The molecule has 1 fully saturated rings. The minimum Gasteiger partial charge on any atom is -0.325 e. The Morgan fingerprint density at radius 1 is 1.46 bits per heavy atom. The van der Waals surface area contributed by atoms with Crippen LogP contribution in [0.3, 0.4) is 0 Å². The van der Waals surface area contributed by atoms with Crippen LogP contribution in [-0.4, -0.2) is 10.5 Å². The van der Waals surface area contributed by atoms with Crippen LogP contribution in [0, 0.1) is 0 Å². The molecule has 2 nitrogen and oxygen atoms in total. The quantitative estimate of drug-likeness (QED) is 0.862. The molecule has 0 amide bonds. The lowest BCUT2D eigenvalue weighted by Gasteiger charge is -2.38. The van der Waals surface area contributed by atoms with Crippen LogP contribution in [0.4, 0.5) is 0 Å². The molecule has 0 atom stereocenters. The third-order valence-corrected chi connectivity index (χ3v) is 3.10. The third kappa shape index (κ3) is 2.09. The van der Waals surface area contributed by atoms with Crippen molar-refractivity contribution >= 4 is 15.9 Å². The number of pyridine rings is 1. The zero-order chi connectivity index (χ0) is 9.31. The van der Waals surface area contributed by atoms with Gasteiger partial charge in [-0.05, 0) is 53.2 Å². The van der Waals surface area contributed by atoms with Crippen molar-refractivity contribution in [3.8, 4) is 0 Å². The lowest BCUT2D eigenvalue weighted by atomic mass is 9.74. The lowest BCUT2D eigenvalue weighted by Crippen LogP contribution is -2.48. The fourth-order valence-electron chi connectivity index (χ4n) is 1.77. The maximum absolute atomic E-state index is 6.14. The Kier molecular flexibility index (Phi) is 2.39. The molecule has 2 N–H and O–H groups in total. The summed E-state index contributed by atoms with van der Waals surface area (Å²) in [6.07, 6.45) is 8.24. The molecule has 1 aromatic heterocycles. The van der Waals surface area contributed by atoms with E-state index >= 15 is 0 Å². The summed E-state index contributed by atoms with van der Waals surface area (Å²) >= 11 is 3.41. The Bertz CT molecular complexity index is 308. The second-order valence-corrected chi connectivity index (χ2v) is 4.82. The Balaban J connectivity index is 2.09. The summed E-state index contributed by atoms with van der Waals surface area (Å²) in [6, 6.07) is 2.10. The zero-order valence-electron chi connectivity index (χ0n) is 7.46. The Labute approximate surface area is 86.7 Å². The Morgan fingerprint density at radius 3 is 2.77 bits per heavy atom. The van der Waals surface area contributed by atoms with E-state index in [9.17, 15) is 0 Å². The van der Waals surface area contributed by atoms with E-state index in [4.69, 9.17) is 5.73 Å². The average Bonchev–Trinajstić information content (AvgIpc) is 2.01. The second kappa shape index (κ2) is 3.39. The summed E-state index contributed by atoms with van der Waals surface area (Å²) in [7, 11) is 0. The Hall–Kier alpha value is -0.410. The third-order valence-electron chi connectivity index (χ3n) is 2.67. The van der Waals surface area contributed by atoms with Crippen LogP contribution in [0.5, 0.6) is 0 Å². The topological polar surface area (TPSA) is 38.9 Å². The SMILES string of the molecule is NC1(Cc2cncc(Br)c2)CCC1. The van der Waals surface area contributed by atoms with Gasteiger partial charge in [-0.15, -0.1) is 0 Å². The molecular weight excluding hydrogens is 228 g/mol. The van der Waals surface area contributed by atoms with Gasteiger partial charge in [-0.2, -0.15) is 0 Å². The molecule has 1 aromatic rings. The number of nitrogens with zero attached hydrogens (tertiary/aromatic N) is 1. The molecule has 1 heterocycles. The fourth-order valence-corrected chi connectivity index (χ4v) is 2.18. The van der Waals surface area contributed by atoms with E-state index in [1.807, 2.05) is 6.20 Å². The van der Waals surface area contributed by atoms with Crippen molar-refractivity contribution in [2.24, 2.45) is 5.73 Å². The van der Waals surface area contributed by atoms with Crippen molar-refractivity contribution in [3.63, 3.8) is 0 Å². The van der Waals surface area contributed by atoms with Gasteiger partial charge in [0.2, 0.25) is 0 Å². The highest BCUT2D eigenvalue weighted by Crippen LogP contribution is 2.32. The first kappa shape index (κ1) is 9.16. The summed E-state index contributed by atoms with van der Waals surface area (Å²) in [5.41, 5.74) is 7.43. The Morgan fingerprint density at radius 2 is 2.23 bits per heavy atom. The van der Waals surface area contributed by atoms with Gasteiger partial charge in [-0.25, -0.2) is 0 Å². The monoisotopic (exact) mass is 240 g/mol. The molecule has 0 spiro atoms. The van der Waals surface area contributed by atoms with Gasteiger partial charge in [0, 0.05) is 22.4 Å². The summed E-state index contributed by atoms with van der Waals surface area (Å²) in [6.45, 7) is 0. The van der Waals surface area contributed by atoms with Gasteiger partial charge in [0.05, 0.1) is 0 Å². The number of halogens is 1. The standard InChI is InChI=1S/C10H13BrN2/c11-9-4-8(6-13-7-9)5-10(12)2-1-3-10/h4,6-7H,1-3,5,12H2. The van der Waals surface area contributed by atoms with Gasteiger partial charge >= 0.3 is 0 Å². The predicted molar refractivity (Wildman–Crippen MR) is 56.4 cm³/mol. The van der Waals surface area contributed by atoms with Gasteiger partial charge in [-0.3, -0.25) is 4.98 Å². The van der Waals surface area contributed by atoms with Crippen molar-refractivity contribution in [3.05, 3.63) is 28.5 Å². The smallest absolute Gasteiger partial charge is 0.0410 e. The van der Waals surface area contributed by atoms with Crippen LogP contribution in [0.15, 0.2) is 22.9 Å². The fraction of sp³-hybridized carbons (Fsp3) is 0.500. The summed E-state index contributed by atoms with van der Waals surface area (Å²) in [5.74, 6) is 0. The molecular formula is C10H13BrN2. The van der Waals surface area contributed by atoms with Crippen molar-refractivity contribution in [1.82, 2.24) is 4.98 Å². The minimum absolute atomic E-state index is 0.0580. The number of nitrogens with two attached hydrogens (primary N) is 1. The van der Waals surface area contributed by atoms with Gasteiger partial charge in [-0.1, -0.05) is 0 Å². The highest BCUT2D eigenvalue weighted by Gasteiger charge is 2.32. The molecule has 0 aromatic carbocycles. The van der Waals surface area contributed by atoms with Crippen LogP contribution in [0.25, 0.3) is 0 Å². The maximum Gasteiger partial charge on any atom is 0.0410 e. The lowest BCUT2D eigenvalue weighted by molar-refractivity contribution is 0.247. The van der Waals surface area contributed by atoms with Gasteiger partial charge in [0.25, 0.3) is 0 Å². The van der Waals surface area contributed by atoms with Crippen molar-refractivity contribution in [1.29, 1.82) is 0 Å². The first-order chi connectivity index (χ1) is 6.18. The molecule has 1 aliphatic carbocycles. The van der Waals surface area contributed by atoms with E-state index in [2.05, 4.69) is 27.0 Å². The molecule has 1 saturated carbocycles. The van der Waals surface area contributed by atoms with E-state index < -0.39 is 0 Å². The van der Waals surface area contributed by atoms with Crippen molar-refractivity contribution in [2.75, 3.05) is 0 Å². The van der Waals surface area contributed by atoms with Crippen LogP contribution in [0.2, 0.25) is 0 Å². The second-order valence-electron chi connectivity index (χ2n) is 3.90. The van der Waals surface area contributed by atoms with Gasteiger partial charge < -0.3 is 5.73 Å². The predicted octanol–water partition coefficient (Wildman–Crippen LogP) is 2.27. The summed E-state index contributed by atoms with van der Waals surface area (Å²) in [5, 5.41) is 0. The average molecular weight is 241 g/mol. The van der Waals surface area contributed by atoms with Crippen LogP contribution in [0.1, 0.15) is 24.8 Å². The number of hydrogen-bond donors (Lipinski definition) is 1. The molecule has 70 valence electrons. The first-order valence-corrected chi connectivity index (χ1v) is 5.36. The molecule has 0 unspecified atom stereocenters. The zero-order valence-corrected chi connectivity index (χ0v) is 9.05. The number of hydrogen-bond acceptors (Lipinski definition) is 2.